The monoisotopic (exact) mass is 318 g/mol. The second-order valence-electron chi connectivity index (χ2n) is 9.10. The summed E-state index contributed by atoms with van der Waals surface area (Å²) < 4.78 is 0. The molecule has 5 aliphatic rings. The molecule has 4 unspecified atom stereocenters. The van der Waals surface area contributed by atoms with Crippen molar-refractivity contribution in [3.05, 3.63) is 0 Å². The van der Waals surface area contributed by atoms with Crippen molar-refractivity contribution in [3.8, 4) is 0 Å². The number of rotatable bonds is 2. The van der Waals surface area contributed by atoms with Gasteiger partial charge in [0.05, 0.1) is 0 Å². The summed E-state index contributed by atoms with van der Waals surface area (Å²) in [4.78, 5) is 0. The van der Waals surface area contributed by atoms with Gasteiger partial charge in [0.2, 0.25) is 0 Å². The maximum Gasteiger partial charge on any atom is 0.0352 e. The second-order valence-corrected chi connectivity index (χ2v) is 9.10. The molecule has 4 atom stereocenters. The van der Waals surface area contributed by atoms with E-state index < -0.39 is 0 Å². The SMILES string of the molecule is C1CCC2(C1)CCNC2C1CNC(C2CNCCN2)C12CCC2. The van der Waals surface area contributed by atoms with Crippen molar-refractivity contribution in [1.29, 1.82) is 0 Å². The molecule has 0 bridgehead atoms. The third kappa shape index (κ3) is 2.18. The maximum atomic E-state index is 4.01. The number of hydrogen-bond donors (Lipinski definition) is 4. The van der Waals surface area contributed by atoms with Crippen LogP contribution < -0.4 is 21.3 Å². The first kappa shape index (κ1) is 15.1. The van der Waals surface area contributed by atoms with Gasteiger partial charge >= 0.3 is 0 Å². The molecule has 4 heteroatoms. The van der Waals surface area contributed by atoms with Gasteiger partial charge in [0.25, 0.3) is 0 Å². The first-order chi connectivity index (χ1) is 11.3. The summed E-state index contributed by atoms with van der Waals surface area (Å²) in [5.74, 6) is 0.866. The quantitative estimate of drug-likeness (QED) is 0.618. The standard InChI is InChI=1S/C19H34N4/c1-2-5-18(4-1)8-9-22-16(18)14-12-23-17(19(14)6-3-7-19)15-13-20-10-11-21-15/h14-17,20-23H,1-13H2. The van der Waals surface area contributed by atoms with Gasteiger partial charge in [-0.1, -0.05) is 19.3 Å². The molecule has 4 N–H and O–H groups in total. The lowest BCUT2D eigenvalue weighted by Gasteiger charge is -2.53. The van der Waals surface area contributed by atoms with Crippen LogP contribution in [-0.2, 0) is 0 Å². The van der Waals surface area contributed by atoms with E-state index in [1.165, 1.54) is 64.5 Å². The molecular formula is C19H34N4. The van der Waals surface area contributed by atoms with Crippen molar-refractivity contribution in [2.45, 2.75) is 69.5 Å². The Morgan fingerprint density at radius 1 is 0.652 bits per heavy atom. The van der Waals surface area contributed by atoms with Gasteiger partial charge in [-0.2, -0.15) is 0 Å². The van der Waals surface area contributed by atoms with Crippen LogP contribution in [0.4, 0.5) is 0 Å². The second kappa shape index (κ2) is 5.69. The van der Waals surface area contributed by atoms with Crippen LogP contribution in [0.5, 0.6) is 0 Å². The normalized spacial score (nSPS) is 44.9. The Bertz CT molecular complexity index is 429. The smallest absolute Gasteiger partial charge is 0.0352 e. The molecule has 0 aromatic carbocycles. The van der Waals surface area contributed by atoms with E-state index in [0.717, 1.165) is 31.6 Å². The fourth-order valence-corrected chi connectivity index (χ4v) is 7.12. The fourth-order valence-electron chi connectivity index (χ4n) is 7.12. The molecule has 130 valence electrons. The van der Waals surface area contributed by atoms with Gasteiger partial charge < -0.3 is 21.3 Å². The molecule has 3 aliphatic heterocycles. The van der Waals surface area contributed by atoms with Gasteiger partial charge in [0.15, 0.2) is 0 Å². The maximum absolute atomic E-state index is 4.01. The number of piperazine rings is 1. The molecule has 2 saturated carbocycles. The Morgan fingerprint density at radius 3 is 2.22 bits per heavy atom. The number of nitrogens with one attached hydrogen (secondary N) is 4. The summed E-state index contributed by atoms with van der Waals surface area (Å²) in [5.41, 5.74) is 1.23. The van der Waals surface area contributed by atoms with Crippen LogP contribution in [-0.4, -0.2) is 50.8 Å². The molecule has 5 fully saturated rings. The summed E-state index contributed by atoms with van der Waals surface area (Å²) in [7, 11) is 0. The Balaban J connectivity index is 1.40. The lowest BCUT2D eigenvalue weighted by atomic mass is 9.54. The molecule has 3 heterocycles. The van der Waals surface area contributed by atoms with Crippen LogP contribution in [0.3, 0.4) is 0 Å². The van der Waals surface area contributed by atoms with Crippen molar-refractivity contribution in [2.24, 2.45) is 16.7 Å². The van der Waals surface area contributed by atoms with E-state index >= 15 is 0 Å². The zero-order valence-electron chi connectivity index (χ0n) is 14.5. The van der Waals surface area contributed by atoms with Crippen LogP contribution >= 0.6 is 0 Å². The van der Waals surface area contributed by atoms with E-state index in [-0.39, 0.29) is 0 Å². The summed E-state index contributed by atoms with van der Waals surface area (Å²) in [6, 6.07) is 2.12. The highest BCUT2D eigenvalue weighted by molar-refractivity contribution is 5.17. The zero-order chi connectivity index (χ0) is 15.3. The Morgan fingerprint density at radius 2 is 1.52 bits per heavy atom. The lowest BCUT2D eigenvalue weighted by Crippen LogP contribution is -2.63. The van der Waals surface area contributed by atoms with Crippen LogP contribution in [0.1, 0.15) is 51.4 Å². The summed E-state index contributed by atoms with van der Waals surface area (Å²) in [6.45, 7) is 5.94. The summed E-state index contributed by atoms with van der Waals surface area (Å²) >= 11 is 0. The van der Waals surface area contributed by atoms with Crippen molar-refractivity contribution < 1.29 is 0 Å². The van der Waals surface area contributed by atoms with Crippen LogP contribution in [0.15, 0.2) is 0 Å². The molecule has 23 heavy (non-hydrogen) atoms. The largest absolute Gasteiger partial charge is 0.314 e. The molecule has 0 aromatic rings. The predicted octanol–water partition coefficient (Wildman–Crippen LogP) is 1.23. The minimum Gasteiger partial charge on any atom is -0.314 e. The predicted molar refractivity (Wildman–Crippen MR) is 93.5 cm³/mol. The van der Waals surface area contributed by atoms with Crippen LogP contribution in [0, 0.1) is 16.7 Å². The lowest BCUT2D eigenvalue weighted by molar-refractivity contribution is 0.00514. The van der Waals surface area contributed by atoms with E-state index in [4.69, 9.17) is 0 Å². The van der Waals surface area contributed by atoms with Gasteiger partial charge in [-0.3, -0.25) is 0 Å². The minimum absolute atomic E-state index is 0.578. The van der Waals surface area contributed by atoms with E-state index in [9.17, 15) is 0 Å². The van der Waals surface area contributed by atoms with Crippen molar-refractivity contribution in [1.82, 2.24) is 21.3 Å². The molecule has 2 spiro atoms. The highest BCUT2D eigenvalue weighted by Crippen LogP contribution is 2.59. The highest BCUT2D eigenvalue weighted by atomic mass is 15.2. The zero-order valence-corrected chi connectivity index (χ0v) is 14.5. The van der Waals surface area contributed by atoms with Gasteiger partial charge in [0, 0.05) is 44.3 Å². The van der Waals surface area contributed by atoms with E-state index in [2.05, 4.69) is 21.3 Å². The van der Waals surface area contributed by atoms with E-state index in [1.807, 2.05) is 0 Å². The average molecular weight is 319 g/mol. The van der Waals surface area contributed by atoms with E-state index in [0.29, 0.717) is 22.9 Å². The van der Waals surface area contributed by atoms with E-state index in [1.54, 1.807) is 0 Å². The minimum atomic E-state index is 0.578. The van der Waals surface area contributed by atoms with Gasteiger partial charge in [0.1, 0.15) is 0 Å². The molecule has 0 amide bonds. The molecule has 5 rings (SSSR count). The molecule has 2 aliphatic carbocycles. The Labute approximate surface area is 140 Å². The Kier molecular flexibility index (Phi) is 3.74. The van der Waals surface area contributed by atoms with Crippen molar-refractivity contribution in [3.63, 3.8) is 0 Å². The highest BCUT2D eigenvalue weighted by Gasteiger charge is 2.61. The third-order valence-corrected chi connectivity index (χ3v) is 8.32. The van der Waals surface area contributed by atoms with Gasteiger partial charge in [-0.15, -0.1) is 0 Å². The molecule has 0 radical (unpaired) electrons. The van der Waals surface area contributed by atoms with Crippen molar-refractivity contribution in [2.75, 3.05) is 32.7 Å². The topological polar surface area (TPSA) is 48.1 Å². The van der Waals surface area contributed by atoms with Gasteiger partial charge in [-0.25, -0.2) is 0 Å². The molecule has 0 aromatic heterocycles. The van der Waals surface area contributed by atoms with Crippen LogP contribution in [0.2, 0.25) is 0 Å². The molecule has 3 saturated heterocycles. The number of hydrogen-bond acceptors (Lipinski definition) is 4. The summed E-state index contributed by atoms with van der Waals surface area (Å²) in [5, 5.41) is 15.4. The van der Waals surface area contributed by atoms with Crippen LogP contribution in [0.25, 0.3) is 0 Å². The first-order valence-corrected chi connectivity index (χ1v) is 10.3. The van der Waals surface area contributed by atoms with Gasteiger partial charge in [-0.05, 0) is 55.4 Å². The molecular weight excluding hydrogens is 284 g/mol. The van der Waals surface area contributed by atoms with Crippen molar-refractivity contribution >= 4 is 0 Å². The Hall–Kier alpha value is -0.160. The fraction of sp³-hybridized carbons (Fsp3) is 1.00. The summed E-state index contributed by atoms with van der Waals surface area (Å²) in [6.07, 6.45) is 11.7. The average Bonchev–Trinajstić information content (AvgIpc) is 3.26. The molecule has 4 nitrogen and oxygen atoms in total. The third-order valence-electron chi connectivity index (χ3n) is 8.32. The first-order valence-electron chi connectivity index (χ1n) is 10.3.